The molecular weight excluding hydrogens is 258 g/mol. The number of alkyl halides is 3. The van der Waals surface area contributed by atoms with Crippen LogP contribution in [0.5, 0.6) is 0 Å². The van der Waals surface area contributed by atoms with Gasteiger partial charge in [-0.25, -0.2) is 9.36 Å². The highest BCUT2D eigenvalue weighted by atomic mass is 19.4. The number of hydrogen-bond donors (Lipinski definition) is 1. The van der Waals surface area contributed by atoms with E-state index < -0.39 is 39.6 Å². The van der Waals surface area contributed by atoms with Crippen molar-refractivity contribution < 1.29 is 26.3 Å². The highest BCUT2D eigenvalue weighted by Crippen LogP contribution is 2.30. The van der Waals surface area contributed by atoms with Gasteiger partial charge in [-0.2, -0.15) is 26.3 Å². The monoisotopic (exact) mass is 260 g/mol. The minimum absolute atomic E-state index is 0.193. The second kappa shape index (κ2) is 4.11. The van der Waals surface area contributed by atoms with Gasteiger partial charge in [0.25, 0.3) is 11.4 Å². The third kappa shape index (κ3) is 2.57. The van der Waals surface area contributed by atoms with E-state index in [4.69, 9.17) is 0 Å². The van der Waals surface area contributed by atoms with Crippen molar-refractivity contribution in [2.75, 3.05) is 0 Å². The molecule has 0 aliphatic rings. The molecule has 4 nitrogen and oxygen atoms in total. The van der Waals surface area contributed by atoms with Crippen LogP contribution in [-0.2, 0) is 0 Å². The van der Waals surface area contributed by atoms with E-state index >= 15 is 0 Å². The zero-order valence-electron chi connectivity index (χ0n) is 7.61. The average molecular weight is 260 g/mol. The van der Waals surface area contributed by atoms with E-state index in [1.165, 1.54) is 0 Å². The first-order valence-corrected chi connectivity index (χ1v) is 3.79. The van der Waals surface area contributed by atoms with E-state index in [9.17, 15) is 35.9 Å². The minimum Gasteiger partial charge on any atom is -0.271 e. The Morgan fingerprint density at radius 3 is 2.24 bits per heavy atom. The molecule has 0 spiro atoms. The highest BCUT2D eigenvalue weighted by molar-refractivity contribution is 5.40. The first kappa shape index (κ1) is 13.1. The number of aromatic nitrogens is 2. The maximum atomic E-state index is 12.9. The zero-order chi connectivity index (χ0) is 13.4. The smallest absolute Gasteiger partial charge is 0.271 e. The molecule has 0 saturated heterocycles. The van der Waals surface area contributed by atoms with Gasteiger partial charge in [-0.3, -0.25) is 9.78 Å². The standard InChI is InChI=1S/C7H2F6N2O2/c8-2-1-15(6(17)14-5(2)16)4(10)3(9)7(11,12)13/h1H,(H,14,16,17)/b4-3-. The summed E-state index contributed by atoms with van der Waals surface area (Å²) in [6, 6.07) is 0. The Morgan fingerprint density at radius 2 is 1.76 bits per heavy atom. The van der Waals surface area contributed by atoms with Crippen LogP contribution < -0.4 is 11.2 Å². The summed E-state index contributed by atoms with van der Waals surface area (Å²) in [6.07, 6.45) is -5.86. The fraction of sp³-hybridized carbons (Fsp3) is 0.143. The first-order chi connectivity index (χ1) is 7.64. The molecule has 1 aromatic rings. The lowest BCUT2D eigenvalue weighted by molar-refractivity contribution is -0.109. The molecule has 0 amide bonds. The summed E-state index contributed by atoms with van der Waals surface area (Å²) < 4.78 is 72.4. The lowest BCUT2D eigenvalue weighted by Crippen LogP contribution is -2.31. The lowest BCUT2D eigenvalue weighted by atomic mass is 10.5. The maximum absolute atomic E-state index is 12.9. The van der Waals surface area contributed by atoms with Crippen molar-refractivity contribution in [3.05, 3.63) is 38.7 Å². The van der Waals surface area contributed by atoms with Gasteiger partial charge < -0.3 is 0 Å². The summed E-state index contributed by atoms with van der Waals surface area (Å²) in [5.41, 5.74) is -3.31. The predicted octanol–water partition coefficient (Wildman–Crippen LogP) is 1.30. The van der Waals surface area contributed by atoms with Crippen molar-refractivity contribution in [3.63, 3.8) is 0 Å². The maximum Gasteiger partial charge on any atom is 0.447 e. The van der Waals surface area contributed by atoms with Gasteiger partial charge in [-0.15, -0.1) is 0 Å². The molecule has 0 aliphatic carbocycles. The minimum atomic E-state index is -5.67. The molecule has 1 rings (SSSR count). The summed E-state index contributed by atoms with van der Waals surface area (Å²) in [6.45, 7) is 0. The number of H-pyrrole nitrogens is 1. The van der Waals surface area contributed by atoms with Crippen LogP contribution in [0.25, 0.3) is 5.95 Å². The molecule has 10 heteroatoms. The molecule has 0 radical (unpaired) electrons. The van der Waals surface area contributed by atoms with Crippen LogP contribution in [0.15, 0.2) is 21.6 Å². The van der Waals surface area contributed by atoms with Crippen LogP contribution in [0.3, 0.4) is 0 Å². The molecule has 0 atom stereocenters. The molecule has 17 heavy (non-hydrogen) atoms. The Morgan fingerprint density at radius 1 is 1.24 bits per heavy atom. The molecule has 1 heterocycles. The van der Waals surface area contributed by atoms with Gasteiger partial charge >= 0.3 is 11.9 Å². The van der Waals surface area contributed by atoms with E-state index in [0.717, 1.165) is 4.98 Å². The zero-order valence-corrected chi connectivity index (χ0v) is 7.61. The lowest BCUT2D eigenvalue weighted by Gasteiger charge is -2.06. The molecule has 0 bridgehead atoms. The Hall–Kier alpha value is -2.00. The Balaban J connectivity index is 3.52. The molecule has 0 fully saturated rings. The predicted molar refractivity (Wildman–Crippen MR) is 42.8 cm³/mol. The van der Waals surface area contributed by atoms with Gasteiger partial charge in [0.05, 0.1) is 6.20 Å². The molecule has 0 saturated carbocycles. The molecule has 1 aromatic heterocycles. The van der Waals surface area contributed by atoms with Crippen molar-refractivity contribution in [1.82, 2.24) is 9.55 Å². The number of hydrogen-bond acceptors (Lipinski definition) is 2. The van der Waals surface area contributed by atoms with Gasteiger partial charge in [-0.1, -0.05) is 0 Å². The average Bonchev–Trinajstić information content (AvgIpc) is 2.20. The van der Waals surface area contributed by atoms with Crippen LogP contribution in [0, 0.1) is 5.82 Å². The van der Waals surface area contributed by atoms with Crippen molar-refractivity contribution in [3.8, 4) is 0 Å². The largest absolute Gasteiger partial charge is 0.447 e. The van der Waals surface area contributed by atoms with Crippen molar-refractivity contribution in [1.29, 1.82) is 0 Å². The number of aromatic amines is 1. The second-order valence-electron chi connectivity index (χ2n) is 2.71. The van der Waals surface area contributed by atoms with Crippen LogP contribution in [0.2, 0.25) is 0 Å². The van der Waals surface area contributed by atoms with E-state index in [1.54, 1.807) is 0 Å². The van der Waals surface area contributed by atoms with Crippen molar-refractivity contribution in [2.45, 2.75) is 6.18 Å². The fourth-order valence-corrected chi connectivity index (χ4v) is 0.816. The third-order valence-electron chi connectivity index (χ3n) is 1.54. The Bertz CT molecular complexity index is 581. The summed E-state index contributed by atoms with van der Waals surface area (Å²) in [4.78, 5) is 22.4. The molecule has 94 valence electrons. The van der Waals surface area contributed by atoms with Crippen LogP contribution in [0.4, 0.5) is 26.3 Å². The quantitative estimate of drug-likeness (QED) is 0.774. The summed E-state index contributed by atoms with van der Waals surface area (Å²) in [7, 11) is 0. The first-order valence-electron chi connectivity index (χ1n) is 3.79. The normalized spacial score (nSPS) is 13.5. The molecule has 0 aromatic carbocycles. The van der Waals surface area contributed by atoms with Gasteiger partial charge in [0.2, 0.25) is 11.8 Å². The Labute approximate surface area is 87.8 Å². The van der Waals surface area contributed by atoms with E-state index in [0.29, 0.717) is 0 Å². The fourth-order valence-electron chi connectivity index (χ4n) is 0.816. The highest BCUT2D eigenvalue weighted by Gasteiger charge is 2.39. The van der Waals surface area contributed by atoms with Crippen molar-refractivity contribution >= 4 is 5.95 Å². The van der Waals surface area contributed by atoms with Crippen LogP contribution >= 0.6 is 0 Å². The van der Waals surface area contributed by atoms with Gasteiger partial charge in [0.15, 0.2) is 0 Å². The summed E-state index contributed by atoms with van der Waals surface area (Å²) in [5.74, 6) is -7.63. The number of nitrogens with zero attached hydrogens (tertiary/aromatic N) is 1. The van der Waals surface area contributed by atoms with E-state index in [-0.39, 0.29) is 6.20 Å². The van der Waals surface area contributed by atoms with Crippen LogP contribution in [-0.4, -0.2) is 15.7 Å². The molecule has 0 unspecified atom stereocenters. The van der Waals surface area contributed by atoms with Crippen molar-refractivity contribution in [2.24, 2.45) is 0 Å². The van der Waals surface area contributed by atoms with Gasteiger partial charge in [-0.05, 0) is 0 Å². The Kier molecular flexibility index (Phi) is 3.16. The SMILES string of the molecule is O=c1[nH]c(=O)n(/C(F)=C(\F)C(F)(F)F)cc1F. The number of rotatable bonds is 1. The van der Waals surface area contributed by atoms with Crippen LogP contribution in [0.1, 0.15) is 0 Å². The molecule has 0 aliphatic heterocycles. The number of allylic oxidation sites excluding steroid dienone is 1. The van der Waals surface area contributed by atoms with E-state index in [2.05, 4.69) is 0 Å². The summed E-state index contributed by atoms with van der Waals surface area (Å²) >= 11 is 0. The van der Waals surface area contributed by atoms with E-state index in [1.807, 2.05) is 0 Å². The molecule has 1 N–H and O–H groups in total. The molecular formula is C7H2F6N2O2. The topological polar surface area (TPSA) is 54.9 Å². The number of halogens is 6. The second-order valence-corrected chi connectivity index (χ2v) is 2.71. The third-order valence-corrected chi connectivity index (χ3v) is 1.54. The van der Waals surface area contributed by atoms with Gasteiger partial charge in [0, 0.05) is 0 Å². The summed E-state index contributed by atoms with van der Waals surface area (Å²) in [5, 5.41) is 0. The number of nitrogens with one attached hydrogen (secondary N) is 1. The van der Waals surface area contributed by atoms with Gasteiger partial charge in [0.1, 0.15) is 0 Å².